The molecule has 0 saturated carbocycles. The van der Waals surface area contributed by atoms with Crippen molar-refractivity contribution < 1.29 is 9.59 Å². The number of halogens is 1. The van der Waals surface area contributed by atoms with Crippen molar-refractivity contribution in [1.29, 1.82) is 0 Å². The first-order valence-electron chi connectivity index (χ1n) is 7.24. The quantitative estimate of drug-likeness (QED) is 0.506. The molecule has 23 heavy (non-hydrogen) atoms. The van der Waals surface area contributed by atoms with E-state index >= 15 is 0 Å². The number of rotatable bonds is 1. The molecular weight excluding hydrogens is 308 g/mol. The molecule has 0 fully saturated rings. The maximum atomic E-state index is 12.9. The molecule has 0 radical (unpaired) electrons. The van der Waals surface area contributed by atoms with E-state index in [2.05, 4.69) is 0 Å². The lowest BCUT2D eigenvalue weighted by Gasteiger charge is -2.20. The van der Waals surface area contributed by atoms with E-state index in [-0.39, 0.29) is 11.6 Å². The number of ketones is 2. The van der Waals surface area contributed by atoms with Crippen molar-refractivity contribution in [2.75, 3.05) is 0 Å². The lowest BCUT2D eigenvalue weighted by molar-refractivity contribution is 0.0979. The molecule has 0 atom stereocenters. The second-order valence-electron chi connectivity index (χ2n) is 5.44. The van der Waals surface area contributed by atoms with E-state index in [1.807, 2.05) is 24.3 Å². The zero-order valence-electron chi connectivity index (χ0n) is 12.0. The molecule has 0 aromatic heterocycles. The Kier molecular flexibility index (Phi) is 3.14. The summed E-state index contributed by atoms with van der Waals surface area (Å²) in [5.41, 5.74) is 3.49. The Morgan fingerprint density at radius 1 is 0.565 bits per heavy atom. The number of fused-ring (bicyclic) bond motifs is 2. The van der Waals surface area contributed by atoms with Crippen LogP contribution in [0.15, 0.2) is 66.7 Å². The van der Waals surface area contributed by atoms with Gasteiger partial charge in [-0.2, -0.15) is 0 Å². The van der Waals surface area contributed by atoms with Crippen LogP contribution in [0.3, 0.4) is 0 Å². The molecule has 1 aliphatic rings. The van der Waals surface area contributed by atoms with Crippen LogP contribution in [0.25, 0.3) is 11.1 Å². The number of carbonyl (C=O) groups is 2. The van der Waals surface area contributed by atoms with Gasteiger partial charge in [0.25, 0.3) is 0 Å². The second-order valence-corrected chi connectivity index (χ2v) is 5.88. The van der Waals surface area contributed by atoms with E-state index in [4.69, 9.17) is 11.6 Å². The van der Waals surface area contributed by atoms with Crippen molar-refractivity contribution in [3.05, 3.63) is 94.0 Å². The molecule has 3 heteroatoms. The summed E-state index contributed by atoms with van der Waals surface area (Å²) < 4.78 is 0. The third kappa shape index (κ3) is 2.11. The summed E-state index contributed by atoms with van der Waals surface area (Å²) in [6.45, 7) is 0. The predicted octanol–water partition coefficient (Wildman–Crippen LogP) is 4.78. The van der Waals surface area contributed by atoms with Crippen LogP contribution in [-0.4, -0.2) is 11.6 Å². The fourth-order valence-electron chi connectivity index (χ4n) is 3.02. The van der Waals surface area contributed by atoms with Gasteiger partial charge < -0.3 is 0 Å². The van der Waals surface area contributed by atoms with Gasteiger partial charge in [0.1, 0.15) is 0 Å². The highest BCUT2D eigenvalue weighted by atomic mass is 35.5. The Morgan fingerprint density at radius 2 is 1.13 bits per heavy atom. The minimum Gasteiger partial charge on any atom is -0.289 e. The van der Waals surface area contributed by atoms with E-state index in [1.54, 1.807) is 42.5 Å². The maximum Gasteiger partial charge on any atom is 0.195 e. The van der Waals surface area contributed by atoms with Gasteiger partial charge in [0.2, 0.25) is 0 Å². The SMILES string of the molecule is O=C1c2ccccc2C(=O)c2c1cccc2-c1ccc(Cl)cc1. The molecule has 0 unspecified atom stereocenters. The molecule has 0 saturated heterocycles. The van der Waals surface area contributed by atoms with Crippen LogP contribution in [0, 0.1) is 0 Å². The van der Waals surface area contributed by atoms with Gasteiger partial charge >= 0.3 is 0 Å². The Labute approximate surface area is 138 Å². The number of benzene rings is 3. The van der Waals surface area contributed by atoms with Crippen LogP contribution in [0.2, 0.25) is 5.02 Å². The van der Waals surface area contributed by atoms with Crippen LogP contribution in [0.4, 0.5) is 0 Å². The highest BCUT2D eigenvalue weighted by Crippen LogP contribution is 2.34. The van der Waals surface area contributed by atoms with Crippen LogP contribution < -0.4 is 0 Å². The molecular formula is C20H11ClO2. The molecule has 2 nitrogen and oxygen atoms in total. The molecule has 4 rings (SSSR count). The molecule has 0 N–H and O–H groups in total. The van der Waals surface area contributed by atoms with Gasteiger partial charge in [-0.15, -0.1) is 0 Å². The summed E-state index contributed by atoms with van der Waals surface area (Å²) in [5, 5.41) is 0.631. The lowest BCUT2D eigenvalue weighted by atomic mass is 9.80. The fourth-order valence-corrected chi connectivity index (χ4v) is 3.14. The number of carbonyl (C=O) groups excluding carboxylic acids is 2. The zero-order chi connectivity index (χ0) is 16.0. The fraction of sp³-hybridized carbons (Fsp3) is 0. The molecule has 0 spiro atoms. The summed E-state index contributed by atoms with van der Waals surface area (Å²) in [7, 11) is 0. The smallest absolute Gasteiger partial charge is 0.195 e. The van der Waals surface area contributed by atoms with Crippen molar-refractivity contribution in [1.82, 2.24) is 0 Å². The highest BCUT2D eigenvalue weighted by molar-refractivity contribution is 6.31. The van der Waals surface area contributed by atoms with E-state index in [9.17, 15) is 9.59 Å². The van der Waals surface area contributed by atoms with Crippen LogP contribution in [0.5, 0.6) is 0 Å². The monoisotopic (exact) mass is 318 g/mol. The minimum atomic E-state index is -0.110. The molecule has 0 heterocycles. The molecule has 110 valence electrons. The van der Waals surface area contributed by atoms with Gasteiger partial charge in [-0.25, -0.2) is 0 Å². The van der Waals surface area contributed by atoms with Crippen LogP contribution in [0.1, 0.15) is 31.8 Å². The molecule has 0 amide bonds. The van der Waals surface area contributed by atoms with Crippen LogP contribution in [-0.2, 0) is 0 Å². The summed E-state index contributed by atoms with van der Waals surface area (Å²) in [6.07, 6.45) is 0. The van der Waals surface area contributed by atoms with Crippen molar-refractivity contribution in [3.63, 3.8) is 0 Å². The lowest BCUT2D eigenvalue weighted by Crippen LogP contribution is -2.21. The van der Waals surface area contributed by atoms with E-state index in [0.717, 1.165) is 11.1 Å². The molecule has 0 aliphatic heterocycles. The third-order valence-electron chi connectivity index (χ3n) is 4.11. The van der Waals surface area contributed by atoms with Crippen molar-refractivity contribution >= 4 is 23.2 Å². The van der Waals surface area contributed by atoms with Gasteiger partial charge in [0, 0.05) is 27.3 Å². The first kappa shape index (κ1) is 13.9. The standard InChI is InChI=1S/C20H11ClO2/c21-13-10-8-12(9-11-13)14-6-3-7-17-18(14)20(23)16-5-2-1-4-15(16)19(17)22/h1-11H. The maximum absolute atomic E-state index is 12.9. The molecule has 3 aromatic rings. The summed E-state index contributed by atoms with van der Waals surface area (Å²) in [4.78, 5) is 25.7. The topological polar surface area (TPSA) is 34.1 Å². The summed E-state index contributed by atoms with van der Waals surface area (Å²) in [5.74, 6) is -0.216. The van der Waals surface area contributed by atoms with Crippen molar-refractivity contribution in [3.8, 4) is 11.1 Å². The van der Waals surface area contributed by atoms with Gasteiger partial charge in [0.05, 0.1) is 0 Å². The molecule has 1 aliphatic carbocycles. The second kappa shape index (κ2) is 5.18. The average molecular weight is 319 g/mol. The zero-order valence-corrected chi connectivity index (χ0v) is 12.8. The van der Waals surface area contributed by atoms with Crippen molar-refractivity contribution in [2.45, 2.75) is 0 Å². The van der Waals surface area contributed by atoms with E-state index in [1.165, 1.54) is 0 Å². The summed E-state index contributed by atoms with van der Waals surface area (Å²) >= 11 is 5.94. The van der Waals surface area contributed by atoms with E-state index < -0.39 is 0 Å². The largest absolute Gasteiger partial charge is 0.289 e. The van der Waals surface area contributed by atoms with Gasteiger partial charge in [-0.05, 0) is 23.3 Å². The Bertz CT molecular complexity index is 956. The first-order chi connectivity index (χ1) is 11.2. The third-order valence-corrected chi connectivity index (χ3v) is 4.36. The Hall–Kier alpha value is -2.71. The normalized spacial score (nSPS) is 12.7. The van der Waals surface area contributed by atoms with E-state index in [0.29, 0.717) is 27.3 Å². The number of hydrogen-bond acceptors (Lipinski definition) is 2. The summed E-state index contributed by atoms with van der Waals surface area (Å²) in [6, 6.07) is 19.6. The Morgan fingerprint density at radius 3 is 1.83 bits per heavy atom. The number of hydrogen-bond donors (Lipinski definition) is 0. The highest BCUT2D eigenvalue weighted by Gasteiger charge is 2.31. The first-order valence-corrected chi connectivity index (χ1v) is 7.62. The molecule has 0 bridgehead atoms. The minimum absolute atomic E-state index is 0.106. The van der Waals surface area contributed by atoms with Crippen LogP contribution >= 0.6 is 11.6 Å². The average Bonchev–Trinajstić information content (AvgIpc) is 2.60. The Balaban J connectivity index is 1.99. The molecule has 3 aromatic carbocycles. The van der Waals surface area contributed by atoms with Crippen molar-refractivity contribution in [2.24, 2.45) is 0 Å². The predicted molar refractivity (Wildman–Crippen MR) is 90.2 cm³/mol. The van der Waals surface area contributed by atoms with Gasteiger partial charge in [0.15, 0.2) is 11.6 Å². The van der Waals surface area contributed by atoms with Gasteiger partial charge in [-0.3, -0.25) is 9.59 Å². The van der Waals surface area contributed by atoms with Gasteiger partial charge in [-0.1, -0.05) is 66.2 Å².